The maximum absolute atomic E-state index is 11.4. The summed E-state index contributed by atoms with van der Waals surface area (Å²) in [7, 11) is 0. The number of hydrogen-bond acceptors (Lipinski definition) is 2. The monoisotopic (exact) mass is 195 g/mol. The van der Waals surface area contributed by atoms with E-state index < -0.39 is 0 Å². The predicted molar refractivity (Wildman–Crippen MR) is 53.5 cm³/mol. The molecule has 0 unspecified atom stereocenters. The highest BCUT2D eigenvalue weighted by atomic mass is 32.1. The van der Waals surface area contributed by atoms with E-state index in [-0.39, 0.29) is 5.91 Å². The smallest absolute Gasteiger partial charge is 0.223 e. The molecule has 1 aliphatic carbocycles. The Bertz CT molecular complexity index is 277. The van der Waals surface area contributed by atoms with Gasteiger partial charge in [-0.3, -0.25) is 4.79 Å². The Morgan fingerprint density at radius 3 is 3.00 bits per heavy atom. The molecular formula is C10H13NOS. The lowest BCUT2D eigenvalue weighted by Crippen LogP contribution is -2.33. The van der Waals surface area contributed by atoms with E-state index in [1.54, 1.807) is 11.3 Å². The van der Waals surface area contributed by atoms with Crippen LogP contribution in [-0.4, -0.2) is 5.91 Å². The molecule has 0 saturated heterocycles. The predicted octanol–water partition coefficient (Wildman–Crippen LogP) is 2.16. The molecule has 1 saturated carbocycles. The van der Waals surface area contributed by atoms with E-state index in [0.717, 1.165) is 12.8 Å². The van der Waals surface area contributed by atoms with Crippen LogP contribution in [0, 0.1) is 5.92 Å². The Morgan fingerprint density at radius 1 is 1.62 bits per heavy atom. The van der Waals surface area contributed by atoms with Crippen molar-refractivity contribution in [2.75, 3.05) is 0 Å². The SMILES string of the molecule is O=C(NCc1cccs1)C1CCC1. The van der Waals surface area contributed by atoms with E-state index in [4.69, 9.17) is 0 Å². The minimum Gasteiger partial charge on any atom is -0.351 e. The summed E-state index contributed by atoms with van der Waals surface area (Å²) in [6, 6.07) is 4.06. The average molecular weight is 195 g/mol. The highest BCUT2D eigenvalue weighted by molar-refractivity contribution is 7.09. The number of hydrogen-bond donors (Lipinski definition) is 1. The van der Waals surface area contributed by atoms with Gasteiger partial charge in [0.1, 0.15) is 0 Å². The quantitative estimate of drug-likeness (QED) is 0.786. The summed E-state index contributed by atoms with van der Waals surface area (Å²) in [5.41, 5.74) is 0. The number of carbonyl (C=O) groups is 1. The van der Waals surface area contributed by atoms with Crippen molar-refractivity contribution in [1.29, 1.82) is 0 Å². The lowest BCUT2D eigenvalue weighted by atomic mass is 9.85. The first-order chi connectivity index (χ1) is 6.36. The van der Waals surface area contributed by atoms with E-state index >= 15 is 0 Å². The van der Waals surface area contributed by atoms with Gasteiger partial charge in [-0.1, -0.05) is 12.5 Å². The molecule has 0 aromatic carbocycles. The molecule has 3 heteroatoms. The van der Waals surface area contributed by atoms with Gasteiger partial charge < -0.3 is 5.32 Å². The van der Waals surface area contributed by atoms with Crippen LogP contribution < -0.4 is 5.32 Å². The van der Waals surface area contributed by atoms with Crippen molar-refractivity contribution in [3.8, 4) is 0 Å². The molecule has 0 aliphatic heterocycles. The number of nitrogens with one attached hydrogen (secondary N) is 1. The molecule has 13 heavy (non-hydrogen) atoms. The van der Waals surface area contributed by atoms with Crippen LogP contribution in [0.3, 0.4) is 0 Å². The van der Waals surface area contributed by atoms with Crippen LogP contribution in [-0.2, 0) is 11.3 Å². The van der Waals surface area contributed by atoms with Gasteiger partial charge >= 0.3 is 0 Å². The van der Waals surface area contributed by atoms with Crippen molar-refractivity contribution >= 4 is 17.2 Å². The molecule has 70 valence electrons. The fourth-order valence-corrected chi connectivity index (χ4v) is 2.05. The fraction of sp³-hybridized carbons (Fsp3) is 0.500. The van der Waals surface area contributed by atoms with Gasteiger partial charge in [0, 0.05) is 10.8 Å². The Balaban J connectivity index is 1.76. The van der Waals surface area contributed by atoms with Crippen LogP contribution in [0.5, 0.6) is 0 Å². The molecule has 1 N–H and O–H groups in total. The molecule has 0 radical (unpaired) electrons. The molecule has 0 spiro atoms. The van der Waals surface area contributed by atoms with E-state index in [1.165, 1.54) is 11.3 Å². The first-order valence-corrected chi connectivity index (χ1v) is 5.54. The zero-order chi connectivity index (χ0) is 9.10. The molecule has 0 atom stereocenters. The largest absolute Gasteiger partial charge is 0.351 e. The summed E-state index contributed by atoms with van der Waals surface area (Å²) in [6.45, 7) is 0.701. The number of rotatable bonds is 3. The van der Waals surface area contributed by atoms with E-state index in [2.05, 4.69) is 5.32 Å². The van der Waals surface area contributed by atoms with Gasteiger partial charge in [-0.25, -0.2) is 0 Å². The minimum absolute atomic E-state index is 0.236. The van der Waals surface area contributed by atoms with Crippen LogP contribution in [0.25, 0.3) is 0 Å². The summed E-state index contributed by atoms with van der Waals surface area (Å²) in [5.74, 6) is 0.541. The molecule has 2 rings (SSSR count). The fourth-order valence-electron chi connectivity index (χ4n) is 1.40. The third-order valence-electron chi connectivity index (χ3n) is 2.49. The Kier molecular flexibility index (Phi) is 2.64. The second-order valence-corrected chi connectivity index (χ2v) is 4.46. The van der Waals surface area contributed by atoms with Crippen molar-refractivity contribution in [2.45, 2.75) is 25.8 Å². The molecule has 1 aromatic heterocycles. The lowest BCUT2D eigenvalue weighted by Gasteiger charge is -2.23. The standard InChI is InChI=1S/C10H13NOS/c12-10(8-3-1-4-8)11-7-9-5-2-6-13-9/h2,5-6,8H,1,3-4,7H2,(H,11,12). The van der Waals surface area contributed by atoms with Crippen LogP contribution in [0.4, 0.5) is 0 Å². The maximum atomic E-state index is 11.4. The zero-order valence-electron chi connectivity index (χ0n) is 7.45. The second kappa shape index (κ2) is 3.92. The van der Waals surface area contributed by atoms with Gasteiger partial charge in [-0.05, 0) is 24.3 Å². The van der Waals surface area contributed by atoms with Gasteiger partial charge in [-0.2, -0.15) is 0 Å². The first kappa shape index (κ1) is 8.75. The van der Waals surface area contributed by atoms with Gasteiger partial charge in [0.25, 0.3) is 0 Å². The van der Waals surface area contributed by atoms with Crippen molar-refractivity contribution < 1.29 is 4.79 Å². The van der Waals surface area contributed by atoms with Crippen LogP contribution in [0.1, 0.15) is 24.1 Å². The highest BCUT2D eigenvalue weighted by Gasteiger charge is 2.24. The average Bonchev–Trinajstić information content (AvgIpc) is 2.49. The zero-order valence-corrected chi connectivity index (χ0v) is 8.27. The highest BCUT2D eigenvalue weighted by Crippen LogP contribution is 2.26. The third kappa shape index (κ3) is 2.10. The van der Waals surface area contributed by atoms with Gasteiger partial charge in [0.2, 0.25) is 5.91 Å². The molecule has 1 fully saturated rings. The third-order valence-corrected chi connectivity index (χ3v) is 3.37. The molecule has 1 aromatic rings. The normalized spacial score (nSPS) is 16.6. The molecule has 1 amide bonds. The van der Waals surface area contributed by atoms with E-state index in [0.29, 0.717) is 12.5 Å². The Labute approximate surface area is 82.0 Å². The van der Waals surface area contributed by atoms with Crippen molar-refractivity contribution in [3.05, 3.63) is 22.4 Å². The van der Waals surface area contributed by atoms with Gasteiger partial charge in [-0.15, -0.1) is 11.3 Å². The van der Waals surface area contributed by atoms with Crippen molar-refractivity contribution in [2.24, 2.45) is 5.92 Å². The molecule has 2 nitrogen and oxygen atoms in total. The molecule has 1 aliphatic rings. The first-order valence-electron chi connectivity index (χ1n) is 4.66. The van der Waals surface area contributed by atoms with E-state index in [9.17, 15) is 4.79 Å². The maximum Gasteiger partial charge on any atom is 0.223 e. The molecular weight excluding hydrogens is 182 g/mol. The van der Waals surface area contributed by atoms with Crippen molar-refractivity contribution in [1.82, 2.24) is 5.32 Å². The van der Waals surface area contributed by atoms with Crippen LogP contribution in [0.2, 0.25) is 0 Å². The summed E-state index contributed by atoms with van der Waals surface area (Å²) in [6.07, 6.45) is 3.38. The van der Waals surface area contributed by atoms with Gasteiger partial charge in [0.05, 0.1) is 6.54 Å². The summed E-state index contributed by atoms with van der Waals surface area (Å²) in [4.78, 5) is 12.6. The number of thiophene rings is 1. The number of carbonyl (C=O) groups excluding carboxylic acids is 1. The second-order valence-electron chi connectivity index (χ2n) is 3.42. The number of amides is 1. The lowest BCUT2D eigenvalue weighted by molar-refractivity contribution is -0.127. The summed E-state index contributed by atoms with van der Waals surface area (Å²) in [5, 5.41) is 4.99. The summed E-state index contributed by atoms with van der Waals surface area (Å²) >= 11 is 1.69. The minimum atomic E-state index is 0.236. The van der Waals surface area contributed by atoms with Crippen LogP contribution in [0.15, 0.2) is 17.5 Å². The van der Waals surface area contributed by atoms with E-state index in [1.807, 2.05) is 17.5 Å². The summed E-state index contributed by atoms with van der Waals surface area (Å²) < 4.78 is 0. The van der Waals surface area contributed by atoms with Crippen LogP contribution >= 0.6 is 11.3 Å². The topological polar surface area (TPSA) is 29.1 Å². The molecule has 0 bridgehead atoms. The van der Waals surface area contributed by atoms with Crippen molar-refractivity contribution in [3.63, 3.8) is 0 Å². The molecule has 1 heterocycles. The Hall–Kier alpha value is -0.830. The Morgan fingerprint density at radius 2 is 2.46 bits per heavy atom. The van der Waals surface area contributed by atoms with Gasteiger partial charge in [0.15, 0.2) is 0 Å².